The maximum atomic E-state index is 12.2. The summed E-state index contributed by atoms with van der Waals surface area (Å²) in [7, 11) is 0. The second kappa shape index (κ2) is 7.85. The van der Waals surface area contributed by atoms with Crippen molar-refractivity contribution in [3.05, 3.63) is 0 Å². The van der Waals surface area contributed by atoms with E-state index < -0.39 is 5.41 Å². The first-order valence-electron chi connectivity index (χ1n) is 7.40. The van der Waals surface area contributed by atoms with E-state index in [-0.39, 0.29) is 5.97 Å². The van der Waals surface area contributed by atoms with E-state index in [4.69, 9.17) is 9.47 Å². The smallest absolute Gasteiger partial charge is 0.311 e. The van der Waals surface area contributed by atoms with Crippen molar-refractivity contribution in [2.24, 2.45) is 17.3 Å². The first kappa shape index (κ1) is 16.4. The highest BCUT2D eigenvalue weighted by molar-refractivity contribution is 5.76. The van der Waals surface area contributed by atoms with Crippen LogP contribution in [0.25, 0.3) is 0 Å². The molecule has 0 bridgehead atoms. The van der Waals surface area contributed by atoms with Crippen LogP contribution in [0, 0.1) is 17.3 Å². The molecule has 4 heteroatoms. The zero-order valence-corrected chi connectivity index (χ0v) is 12.8. The number of nitrogens with one attached hydrogen (secondary N) is 1. The molecule has 0 amide bonds. The molecule has 1 rings (SSSR count). The number of carbonyl (C=O) groups excluding carboxylic acids is 1. The number of rotatable bonds is 7. The van der Waals surface area contributed by atoms with Gasteiger partial charge in [-0.25, -0.2) is 0 Å². The Morgan fingerprint density at radius 3 is 2.68 bits per heavy atom. The third-order valence-electron chi connectivity index (χ3n) is 3.76. The minimum absolute atomic E-state index is 0.102. The minimum atomic E-state index is -0.411. The topological polar surface area (TPSA) is 47.6 Å². The highest BCUT2D eigenvalue weighted by Gasteiger charge is 2.38. The van der Waals surface area contributed by atoms with Gasteiger partial charge in [-0.2, -0.15) is 0 Å². The van der Waals surface area contributed by atoms with Gasteiger partial charge < -0.3 is 14.8 Å². The summed E-state index contributed by atoms with van der Waals surface area (Å²) in [5.74, 6) is 0.778. The quantitative estimate of drug-likeness (QED) is 0.570. The third-order valence-corrected chi connectivity index (χ3v) is 3.76. The Labute approximate surface area is 117 Å². The van der Waals surface area contributed by atoms with Crippen LogP contribution >= 0.6 is 0 Å². The molecule has 4 nitrogen and oxygen atoms in total. The van der Waals surface area contributed by atoms with Gasteiger partial charge in [0.05, 0.1) is 12.0 Å². The molecule has 19 heavy (non-hydrogen) atoms. The van der Waals surface area contributed by atoms with E-state index in [0.29, 0.717) is 31.7 Å². The first-order valence-corrected chi connectivity index (χ1v) is 7.40. The lowest BCUT2D eigenvalue weighted by atomic mass is 9.75. The molecule has 0 radical (unpaired) electrons. The Kier molecular flexibility index (Phi) is 6.80. The molecule has 112 valence electrons. The lowest BCUT2D eigenvalue weighted by molar-refractivity contribution is -0.159. The molecule has 1 N–H and O–H groups in total. The Balaban J connectivity index is 2.26. The van der Waals surface area contributed by atoms with Gasteiger partial charge >= 0.3 is 5.97 Å². The summed E-state index contributed by atoms with van der Waals surface area (Å²) in [5, 5.41) is 3.35. The predicted octanol–water partition coefficient (Wildman–Crippen LogP) is 2.23. The molecule has 0 aromatic rings. The van der Waals surface area contributed by atoms with Gasteiger partial charge in [0.15, 0.2) is 0 Å². The maximum Gasteiger partial charge on any atom is 0.311 e. The summed E-state index contributed by atoms with van der Waals surface area (Å²) in [5.41, 5.74) is -0.411. The number of carbonyl (C=O) groups is 1. The SMILES string of the molecule is CC(C)COCCOC(=O)C(C)(C)C1CCCNC1. The molecule has 1 fully saturated rings. The van der Waals surface area contributed by atoms with Gasteiger partial charge in [0.2, 0.25) is 0 Å². The standard InChI is InChI=1S/C15H29NO3/c1-12(2)11-18-8-9-19-14(17)15(3,4)13-6-5-7-16-10-13/h12-13,16H,5-11H2,1-4H3. The van der Waals surface area contributed by atoms with Gasteiger partial charge in [-0.15, -0.1) is 0 Å². The highest BCUT2D eigenvalue weighted by atomic mass is 16.6. The van der Waals surface area contributed by atoms with Crippen LogP contribution in [0.5, 0.6) is 0 Å². The van der Waals surface area contributed by atoms with E-state index in [0.717, 1.165) is 25.9 Å². The Morgan fingerprint density at radius 2 is 2.11 bits per heavy atom. The van der Waals surface area contributed by atoms with Gasteiger partial charge in [-0.1, -0.05) is 13.8 Å². The largest absolute Gasteiger partial charge is 0.463 e. The molecule has 1 aliphatic rings. The molecule has 0 spiro atoms. The van der Waals surface area contributed by atoms with E-state index in [1.807, 2.05) is 13.8 Å². The lowest BCUT2D eigenvalue weighted by Crippen LogP contribution is -2.43. The summed E-state index contributed by atoms with van der Waals surface area (Å²) < 4.78 is 10.8. The predicted molar refractivity (Wildman–Crippen MR) is 76.0 cm³/mol. The monoisotopic (exact) mass is 271 g/mol. The molecule has 0 aromatic heterocycles. The lowest BCUT2D eigenvalue weighted by Gasteiger charge is -2.35. The van der Waals surface area contributed by atoms with E-state index >= 15 is 0 Å². The van der Waals surface area contributed by atoms with Crippen molar-refractivity contribution in [1.82, 2.24) is 5.32 Å². The van der Waals surface area contributed by atoms with Crippen molar-refractivity contribution in [2.45, 2.75) is 40.5 Å². The number of esters is 1. The second-order valence-corrected chi connectivity index (χ2v) is 6.37. The van der Waals surface area contributed by atoms with Crippen molar-refractivity contribution in [1.29, 1.82) is 0 Å². The van der Waals surface area contributed by atoms with Gasteiger partial charge in [-0.3, -0.25) is 4.79 Å². The summed E-state index contributed by atoms with van der Waals surface area (Å²) in [4.78, 5) is 12.2. The molecule has 1 saturated heterocycles. The summed E-state index contributed by atoms with van der Waals surface area (Å²) in [6.07, 6.45) is 2.23. The van der Waals surface area contributed by atoms with Crippen LogP contribution in [-0.2, 0) is 14.3 Å². The summed E-state index contributed by atoms with van der Waals surface area (Å²) in [6.45, 7) is 11.7. The van der Waals surface area contributed by atoms with E-state index in [1.165, 1.54) is 0 Å². The van der Waals surface area contributed by atoms with E-state index in [2.05, 4.69) is 19.2 Å². The molecule has 1 atom stereocenters. The molecule has 0 aliphatic carbocycles. The third kappa shape index (κ3) is 5.49. The number of hydrogen-bond acceptors (Lipinski definition) is 4. The van der Waals surface area contributed by atoms with Crippen molar-refractivity contribution in [3.8, 4) is 0 Å². The van der Waals surface area contributed by atoms with Gasteiger partial charge in [0.25, 0.3) is 0 Å². The molecular weight excluding hydrogens is 242 g/mol. The fraction of sp³-hybridized carbons (Fsp3) is 0.933. The molecule has 1 aliphatic heterocycles. The second-order valence-electron chi connectivity index (χ2n) is 6.37. The van der Waals surface area contributed by atoms with Crippen LogP contribution in [0.3, 0.4) is 0 Å². The van der Waals surface area contributed by atoms with Gasteiger partial charge in [-0.05, 0) is 51.6 Å². The van der Waals surface area contributed by atoms with Gasteiger partial charge in [0.1, 0.15) is 6.61 Å². The summed E-state index contributed by atoms with van der Waals surface area (Å²) in [6, 6.07) is 0. The maximum absolute atomic E-state index is 12.2. The molecule has 1 heterocycles. The summed E-state index contributed by atoms with van der Waals surface area (Å²) >= 11 is 0. The molecule has 0 aromatic carbocycles. The average Bonchev–Trinajstić information content (AvgIpc) is 2.38. The van der Waals surface area contributed by atoms with Crippen LogP contribution in [0.1, 0.15) is 40.5 Å². The van der Waals surface area contributed by atoms with Crippen LogP contribution in [0.4, 0.5) is 0 Å². The zero-order chi connectivity index (χ0) is 14.3. The van der Waals surface area contributed by atoms with Gasteiger partial charge in [0, 0.05) is 6.61 Å². The van der Waals surface area contributed by atoms with E-state index in [1.54, 1.807) is 0 Å². The zero-order valence-electron chi connectivity index (χ0n) is 12.8. The van der Waals surface area contributed by atoms with Crippen LogP contribution in [-0.4, -0.2) is 38.9 Å². The first-order chi connectivity index (χ1) is 8.94. The molecule has 0 saturated carbocycles. The Morgan fingerprint density at radius 1 is 1.37 bits per heavy atom. The number of piperidine rings is 1. The van der Waals surface area contributed by atoms with Crippen LogP contribution in [0.15, 0.2) is 0 Å². The molecule has 1 unspecified atom stereocenters. The van der Waals surface area contributed by atoms with Crippen molar-refractivity contribution >= 4 is 5.97 Å². The Bertz CT molecular complexity index is 271. The number of hydrogen-bond donors (Lipinski definition) is 1. The number of ether oxygens (including phenoxy) is 2. The van der Waals surface area contributed by atoms with Crippen LogP contribution in [0.2, 0.25) is 0 Å². The minimum Gasteiger partial charge on any atom is -0.463 e. The fourth-order valence-electron chi connectivity index (χ4n) is 2.33. The molecular formula is C15H29NO3. The van der Waals surface area contributed by atoms with E-state index in [9.17, 15) is 4.79 Å². The fourth-order valence-corrected chi connectivity index (χ4v) is 2.33. The van der Waals surface area contributed by atoms with Crippen LogP contribution < -0.4 is 5.32 Å². The highest BCUT2D eigenvalue weighted by Crippen LogP contribution is 2.32. The van der Waals surface area contributed by atoms with Crippen molar-refractivity contribution in [3.63, 3.8) is 0 Å². The average molecular weight is 271 g/mol. The van der Waals surface area contributed by atoms with Crippen molar-refractivity contribution in [2.75, 3.05) is 32.9 Å². The Hall–Kier alpha value is -0.610. The van der Waals surface area contributed by atoms with Crippen molar-refractivity contribution < 1.29 is 14.3 Å². The normalized spacial score (nSPS) is 20.6.